The van der Waals surface area contributed by atoms with Gasteiger partial charge >= 0.3 is 0 Å². The summed E-state index contributed by atoms with van der Waals surface area (Å²) in [5, 5.41) is 7.10. The van der Waals surface area contributed by atoms with Crippen molar-refractivity contribution in [3.05, 3.63) is 50.6 Å². The molecule has 18 heavy (non-hydrogen) atoms. The largest absolute Gasteiger partial charge is 0.256 e. The van der Waals surface area contributed by atoms with Crippen molar-refractivity contribution in [1.82, 2.24) is 0 Å². The Bertz CT molecular complexity index is 594. The number of hydrogen-bond donors (Lipinski definition) is 0. The first-order chi connectivity index (χ1) is 8.75. The standard InChI is InChI=1S/C13H10Cl2N2S/c14-9-3-1-2-4-10(9)17-11(7-8-16-17)12-5-6-13(15)18-12/h1-6,8,11H,7H2. The van der Waals surface area contributed by atoms with Crippen molar-refractivity contribution in [2.45, 2.75) is 12.5 Å². The molecule has 92 valence electrons. The molecule has 0 fully saturated rings. The Morgan fingerprint density at radius 1 is 1.17 bits per heavy atom. The SMILES string of the molecule is Clc1ccc(C2CC=NN2c2ccccc2Cl)s1. The zero-order chi connectivity index (χ0) is 12.5. The van der Waals surface area contributed by atoms with Crippen LogP contribution in [0.4, 0.5) is 5.69 Å². The van der Waals surface area contributed by atoms with E-state index < -0.39 is 0 Å². The van der Waals surface area contributed by atoms with Gasteiger partial charge in [0.15, 0.2) is 0 Å². The summed E-state index contributed by atoms with van der Waals surface area (Å²) < 4.78 is 0.802. The van der Waals surface area contributed by atoms with Crippen LogP contribution in [0.25, 0.3) is 0 Å². The van der Waals surface area contributed by atoms with Gasteiger partial charge in [-0.1, -0.05) is 35.3 Å². The third-order valence-electron chi connectivity index (χ3n) is 2.85. The fourth-order valence-corrected chi connectivity index (χ4v) is 3.41. The van der Waals surface area contributed by atoms with Crippen molar-refractivity contribution in [2.75, 3.05) is 5.01 Å². The van der Waals surface area contributed by atoms with E-state index in [0.717, 1.165) is 16.4 Å². The normalized spacial score (nSPS) is 18.6. The van der Waals surface area contributed by atoms with Gasteiger partial charge in [0, 0.05) is 17.5 Å². The summed E-state index contributed by atoms with van der Waals surface area (Å²) in [5.74, 6) is 0. The molecule has 0 aliphatic carbocycles. The maximum atomic E-state index is 6.22. The molecule has 0 N–H and O–H groups in total. The number of rotatable bonds is 2. The second-order valence-electron chi connectivity index (χ2n) is 3.99. The van der Waals surface area contributed by atoms with Gasteiger partial charge in [-0.3, -0.25) is 5.01 Å². The van der Waals surface area contributed by atoms with E-state index >= 15 is 0 Å². The minimum Gasteiger partial charge on any atom is -0.256 e. The molecular formula is C13H10Cl2N2S. The van der Waals surface area contributed by atoms with Crippen molar-refractivity contribution >= 4 is 46.4 Å². The first kappa shape index (κ1) is 12.0. The summed E-state index contributed by atoms with van der Waals surface area (Å²) in [6, 6.07) is 11.9. The van der Waals surface area contributed by atoms with Gasteiger partial charge in [-0.2, -0.15) is 5.10 Å². The van der Waals surface area contributed by atoms with E-state index in [4.69, 9.17) is 23.2 Å². The lowest BCUT2D eigenvalue weighted by atomic mass is 10.1. The summed E-state index contributed by atoms with van der Waals surface area (Å²) in [7, 11) is 0. The minimum absolute atomic E-state index is 0.197. The molecule has 0 spiro atoms. The number of hydrogen-bond acceptors (Lipinski definition) is 3. The zero-order valence-electron chi connectivity index (χ0n) is 9.38. The van der Waals surface area contributed by atoms with Crippen LogP contribution in [0, 0.1) is 0 Å². The molecule has 5 heteroatoms. The summed E-state index contributed by atoms with van der Waals surface area (Å²) in [6.45, 7) is 0. The number of nitrogens with zero attached hydrogens (tertiary/aromatic N) is 2. The smallest absolute Gasteiger partial charge is 0.0932 e. The predicted molar refractivity (Wildman–Crippen MR) is 79.1 cm³/mol. The topological polar surface area (TPSA) is 15.6 Å². The molecule has 2 aromatic rings. The van der Waals surface area contributed by atoms with E-state index in [2.05, 4.69) is 11.2 Å². The molecule has 0 bridgehead atoms. The van der Waals surface area contributed by atoms with Crippen LogP contribution in [0.1, 0.15) is 17.3 Å². The molecule has 0 amide bonds. The second-order valence-corrected chi connectivity index (χ2v) is 6.14. The van der Waals surface area contributed by atoms with E-state index in [1.165, 1.54) is 4.88 Å². The zero-order valence-corrected chi connectivity index (χ0v) is 11.7. The first-order valence-electron chi connectivity index (χ1n) is 5.57. The van der Waals surface area contributed by atoms with Crippen LogP contribution in [-0.4, -0.2) is 6.21 Å². The fraction of sp³-hybridized carbons (Fsp3) is 0.154. The molecule has 1 atom stereocenters. The molecule has 1 aromatic heterocycles. The van der Waals surface area contributed by atoms with Crippen molar-refractivity contribution in [1.29, 1.82) is 0 Å². The minimum atomic E-state index is 0.197. The van der Waals surface area contributed by atoms with Gasteiger partial charge in [-0.25, -0.2) is 0 Å². The average molecular weight is 297 g/mol. The molecule has 3 rings (SSSR count). The van der Waals surface area contributed by atoms with Gasteiger partial charge in [-0.05, 0) is 24.3 Å². The highest BCUT2D eigenvalue weighted by atomic mass is 35.5. The van der Waals surface area contributed by atoms with Gasteiger partial charge in [-0.15, -0.1) is 11.3 Å². The van der Waals surface area contributed by atoms with Crippen LogP contribution in [0.2, 0.25) is 9.36 Å². The van der Waals surface area contributed by atoms with Crippen molar-refractivity contribution < 1.29 is 0 Å². The summed E-state index contributed by atoms with van der Waals surface area (Å²) >= 11 is 13.8. The number of anilines is 1. The fourth-order valence-electron chi connectivity index (χ4n) is 2.03. The Hall–Kier alpha value is -1.03. The molecule has 1 aliphatic heterocycles. The monoisotopic (exact) mass is 296 g/mol. The van der Waals surface area contributed by atoms with Crippen LogP contribution in [0.3, 0.4) is 0 Å². The van der Waals surface area contributed by atoms with Crippen LogP contribution in [0.5, 0.6) is 0 Å². The average Bonchev–Trinajstić information content (AvgIpc) is 2.98. The first-order valence-corrected chi connectivity index (χ1v) is 7.14. The lowest BCUT2D eigenvalue weighted by molar-refractivity contribution is 0.723. The van der Waals surface area contributed by atoms with E-state index in [1.807, 2.05) is 41.6 Å². The Labute approximate surface area is 119 Å². The number of hydrazone groups is 1. The molecule has 1 unspecified atom stereocenters. The summed E-state index contributed by atoms with van der Waals surface area (Å²) in [5.41, 5.74) is 0.933. The van der Waals surface area contributed by atoms with E-state index in [1.54, 1.807) is 11.3 Å². The second kappa shape index (κ2) is 4.92. The summed E-state index contributed by atoms with van der Waals surface area (Å²) in [6.07, 6.45) is 2.80. The summed E-state index contributed by atoms with van der Waals surface area (Å²) in [4.78, 5) is 1.21. The number of thiophene rings is 1. The Morgan fingerprint density at radius 3 is 2.72 bits per heavy atom. The predicted octanol–water partition coefficient (Wildman–Crippen LogP) is 4.99. The molecule has 0 saturated carbocycles. The lowest BCUT2D eigenvalue weighted by Gasteiger charge is -2.23. The molecular weight excluding hydrogens is 287 g/mol. The van der Waals surface area contributed by atoms with Crippen LogP contribution in [0.15, 0.2) is 41.5 Å². The highest BCUT2D eigenvalue weighted by Gasteiger charge is 2.26. The van der Waals surface area contributed by atoms with Gasteiger partial charge in [0.05, 0.1) is 21.1 Å². The third-order valence-corrected chi connectivity index (χ3v) is 4.50. The van der Waals surface area contributed by atoms with E-state index in [9.17, 15) is 0 Å². The number of benzene rings is 1. The van der Waals surface area contributed by atoms with E-state index in [0.29, 0.717) is 5.02 Å². The maximum Gasteiger partial charge on any atom is 0.0932 e. The lowest BCUT2D eigenvalue weighted by Crippen LogP contribution is -2.17. The molecule has 0 saturated heterocycles. The van der Waals surface area contributed by atoms with Crippen molar-refractivity contribution in [3.63, 3.8) is 0 Å². The van der Waals surface area contributed by atoms with Crippen molar-refractivity contribution in [2.24, 2.45) is 5.10 Å². The van der Waals surface area contributed by atoms with Crippen molar-refractivity contribution in [3.8, 4) is 0 Å². The number of para-hydroxylation sites is 1. The molecule has 2 heterocycles. The van der Waals surface area contributed by atoms with Gasteiger partial charge < -0.3 is 0 Å². The Balaban J connectivity index is 1.96. The highest BCUT2D eigenvalue weighted by Crippen LogP contribution is 2.39. The molecule has 2 nitrogen and oxygen atoms in total. The van der Waals surface area contributed by atoms with Crippen LogP contribution < -0.4 is 5.01 Å². The van der Waals surface area contributed by atoms with Gasteiger partial charge in [0.25, 0.3) is 0 Å². The molecule has 1 aromatic carbocycles. The van der Waals surface area contributed by atoms with Gasteiger partial charge in [0.1, 0.15) is 0 Å². The van der Waals surface area contributed by atoms with Crippen LogP contribution in [-0.2, 0) is 0 Å². The van der Waals surface area contributed by atoms with Gasteiger partial charge in [0.2, 0.25) is 0 Å². The van der Waals surface area contributed by atoms with E-state index in [-0.39, 0.29) is 6.04 Å². The molecule has 0 radical (unpaired) electrons. The number of halogens is 2. The highest BCUT2D eigenvalue weighted by molar-refractivity contribution is 7.16. The quantitative estimate of drug-likeness (QED) is 0.762. The molecule has 1 aliphatic rings. The Kier molecular flexibility index (Phi) is 3.29. The third kappa shape index (κ3) is 2.14. The van der Waals surface area contributed by atoms with Crippen LogP contribution >= 0.6 is 34.5 Å². The maximum absolute atomic E-state index is 6.22. The Morgan fingerprint density at radius 2 is 2.00 bits per heavy atom.